The summed E-state index contributed by atoms with van der Waals surface area (Å²) < 4.78 is 5.36. The first kappa shape index (κ1) is 12.2. The SMILES string of the molecule is CC(=O)COC1=C(C)C(=O)C(=O)c2ccccc21. The van der Waals surface area contributed by atoms with Crippen molar-refractivity contribution in [3.63, 3.8) is 0 Å². The van der Waals surface area contributed by atoms with Crippen LogP contribution >= 0.6 is 0 Å². The standard InChI is InChI=1S/C14H12O4/c1-8(15)7-18-14-9(2)12(16)13(17)10-5-3-4-6-11(10)14/h3-6H,7H2,1-2H3. The highest BCUT2D eigenvalue weighted by Gasteiger charge is 2.31. The molecule has 0 bridgehead atoms. The molecule has 2 rings (SSSR count). The zero-order valence-corrected chi connectivity index (χ0v) is 10.1. The van der Waals surface area contributed by atoms with Gasteiger partial charge in [0.25, 0.3) is 0 Å². The Morgan fingerprint density at radius 2 is 1.72 bits per heavy atom. The number of ether oxygens (including phenoxy) is 1. The first-order valence-corrected chi connectivity index (χ1v) is 5.54. The molecule has 0 atom stereocenters. The number of carbonyl (C=O) groups excluding carboxylic acids is 3. The van der Waals surface area contributed by atoms with Crippen LogP contribution in [-0.4, -0.2) is 24.0 Å². The van der Waals surface area contributed by atoms with E-state index in [-0.39, 0.29) is 18.0 Å². The molecule has 0 aliphatic heterocycles. The molecule has 1 aromatic rings. The van der Waals surface area contributed by atoms with Crippen LogP contribution in [-0.2, 0) is 14.3 Å². The molecule has 1 aliphatic carbocycles. The Morgan fingerprint density at radius 1 is 1.11 bits per heavy atom. The van der Waals surface area contributed by atoms with E-state index in [4.69, 9.17) is 4.74 Å². The third-order valence-corrected chi connectivity index (χ3v) is 2.72. The number of hydrogen-bond donors (Lipinski definition) is 0. The largest absolute Gasteiger partial charge is 0.485 e. The summed E-state index contributed by atoms with van der Waals surface area (Å²) in [4.78, 5) is 34.5. The lowest BCUT2D eigenvalue weighted by Crippen LogP contribution is -2.24. The first-order valence-electron chi connectivity index (χ1n) is 5.54. The molecule has 0 fully saturated rings. The quantitative estimate of drug-likeness (QED) is 0.760. The van der Waals surface area contributed by atoms with E-state index in [0.717, 1.165) is 0 Å². The molecule has 0 saturated heterocycles. The van der Waals surface area contributed by atoms with Gasteiger partial charge in [-0.15, -0.1) is 0 Å². The van der Waals surface area contributed by atoms with Gasteiger partial charge < -0.3 is 4.74 Å². The maximum Gasteiger partial charge on any atom is 0.234 e. The van der Waals surface area contributed by atoms with Gasteiger partial charge in [0.05, 0.1) is 0 Å². The minimum Gasteiger partial charge on any atom is -0.485 e. The van der Waals surface area contributed by atoms with Crippen LogP contribution in [0.15, 0.2) is 29.8 Å². The summed E-state index contributed by atoms with van der Waals surface area (Å²) >= 11 is 0. The Morgan fingerprint density at radius 3 is 2.33 bits per heavy atom. The number of ketones is 3. The fourth-order valence-corrected chi connectivity index (χ4v) is 1.84. The van der Waals surface area contributed by atoms with Crippen LogP contribution in [0.2, 0.25) is 0 Å². The summed E-state index contributed by atoms with van der Waals surface area (Å²) in [6.45, 7) is 2.83. The maximum atomic E-state index is 11.8. The zero-order chi connectivity index (χ0) is 13.3. The fraction of sp³-hybridized carbons (Fsp3) is 0.214. The van der Waals surface area contributed by atoms with E-state index in [2.05, 4.69) is 0 Å². The molecule has 0 radical (unpaired) electrons. The fourth-order valence-electron chi connectivity index (χ4n) is 1.84. The summed E-state index contributed by atoms with van der Waals surface area (Å²) in [6, 6.07) is 6.73. The minimum absolute atomic E-state index is 0.109. The van der Waals surface area contributed by atoms with E-state index in [0.29, 0.717) is 16.9 Å². The van der Waals surface area contributed by atoms with Crippen molar-refractivity contribution in [3.05, 3.63) is 41.0 Å². The average Bonchev–Trinajstić information content (AvgIpc) is 2.36. The monoisotopic (exact) mass is 244 g/mol. The van der Waals surface area contributed by atoms with Gasteiger partial charge in [0.1, 0.15) is 12.4 Å². The summed E-state index contributed by atoms with van der Waals surface area (Å²) in [5, 5.41) is 0. The van der Waals surface area contributed by atoms with Gasteiger partial charge in [0.15, 0.2) is 5.78 Å². The molecule has 0 spiro atoms. The number of Topliss-reactive ketones (excluding diaryl/α,β-unsaturated/α-hetero) is 3. The average molecular weight is 244 g/mol. The molecule has 0 aromatic heterocycles. The molecule has 1 aromatic carbocycles. The molecule has 4 heteroatoms. The van der Waals surface area contributed by atoms with Crippen molar-refractivity contribution in [2.75, 3.05) is 6.61 Å². The van der Waals surface area contributed by atoms with Crippen LogP contribution in [0.4, 0.5) is 0 Å². The normalized spacial score (nSPS) is 14.6. The number of benzene rings is 1. The lowest BCUT2D eigenvalue weighted by atomic mass is 9.89. The molecule has 0 N–H and O–H groups in total. The van der Waals surface area contributed by atoms with Gasteiger partial charge in [-0.1, -0.05) is 24.3 Å². The van der Waals surface area contributed by atoms with Gasteiger partial charge in [-0.3, -0.25) is 14.4 Å². The Bertz CT molecular complexity index is 581. The number of fused-ring (bicyclic) bond motifs is 1. The van der Waals surface area contributed by atoms with Crippen molar-refractivity contribution < 1.29 is 19.1 Å². The second-order valence-corrected chi connectivity index (χ2v) is 4.15. The summed E-state index contributed by atoms with van der Waals surface area (Å²) in [5.41, 5.74) is 1.15. The van der Waals surface area contributed by atoms with E-state index in [1.54, 1.807) is 24.3 Å². The van der Waals surface area contributed by atoms with Crippen molar-refractivity contribution in [1.82, 2.24) is 0 Å². The van der Waals surface area contributed by atoms with Crippen molar-refractivity contribution in [3.8, 4) is 0 Å². The van der Waals surface area contributed by atoms with Gasteiger partial charge in [0, 0.05) is 16.7 Å². The molecule has 92 valence electrons. The van der Waals surface area contributed by atoms with E-state index >= 15 is 0 Å². The van der Waals surface area contributed by atoms with Gasteiger partial charge in [-0.25, -0.2) is 0 Å². The van der Waals surface area contributed by atoms with Crippen molar-refractivity contribution in [2.45, 2.75) is 13.8 Å². The highest BCUT2D eigenvalue weighted by molar-refractivity contribution is 6.52. The number of hydrogen-bond acceptors (Lipinski definition) is 4. The Kier molecular flexibility index (Phi) is 3.10. The van der Waals surface area contributed by atoms with E-state index in [9.17, 15) is 14.4 Å². The smallest absolute Gasteiger partial charge is 0.234 e. The highest BCUT2D eigenvalue weighted by atomic mass is 16.5. The number of carbonyl (C=O) groups is 3. The zero-order valence-electron chi connectivity index (χ0n) is 10.1. The lowest BCUT2D eigenvalue weighted by molar-refractivity contribution is -0.119. The maximum absolute atomic E-state index is 11.8. The molecule has 0 heterocycles. The second kappa shape index (κ2) is 4.56. The van der Waals surface area contributed by atoms with Gasteiger partial charge in [0.2, 0.25) is 11.6 Å². The third kappa shape index (κ3) is 1.97. The van der Waals surface area contributed by atoms with Crippen molar-refractivity contribution >= 4 is 23.1 Å². The number of rotatable bonds is 3. The summed E-state index contributed by atoms with van der Waals surface area (Å²) in [5.74, 6) is -0.923. The molecule has 0 unspecified atom stereocenters. The van der Waals surface area contributed by atoms with Crippen LogP contribution < -0.4 is 0 Å². The molecule has 18 heavy (non-hydrogen) atoms. The van der Waals surface area contributed by atoms with E-state index in [1.807, 2.05) is 0 Å². The van der Waals surface area contributed by atoms with Gasteiger partial charge in [-0.2, -0.15) is 0 Å². The third-order valence-electron chi connectivity index (χ3n) is 2.72. The molecule has 4 nitrogen and oxygen atoms in total. The van der Waals surface area contributed by atoms with Crippen molar-refractivity contribution in [2.24, 2.45) is 0 Å². The predicted molar refractivity (Wildman–Crippen MR) is 65.0 cm³/mol. The first-order chi connectivity index (χ1) is 8.52. The predicted octanol–water partition coefficient (Wildman–Crippen LogP) is 1.79. The van der Waals surface area contributed by atoms with E-state index < -0.39 is 11.6 Å². The van der Waals surface area contributed by atoms with Crippen LogP contribution in [0.1, 0.15) is 29.8 Å². The Labute approximate surface area is 104 Å². The summed E-state index contributed by atoms with van der Waals surface area (Å²) in [7, 11) is 0. The number of allylic oxidation sites excluding steroid dienone is 1. The van der Waals surface area contributed by atoms with Crippen LogP contribution in [0, 0.1) is 0 Å². The van der Waals surface area contributed by atoms with Crippen LogP contribution in [0.3, 0.4) is 0 Å². The molecular formula is C14H12O4. The molecule has 0 amide bonds. The molecular weight excluding hydrogens is 232 g/mol. The Hall–Kier alpha value is -2.23. The molecule has 0 saturated carbocycles. The second-order valence-electron chi connectivity index (χ2n) is 4.15. The minimum atomic E-state index is -0.577. The van der Waals surface area contributed by atoms with Crippen LogP contribution in [0.25, 0.3) is 5.76 Å². The highest BCUT2D eigenvalue weighted by Crippen LogP contribution is 2.29. The summed E-state index contributed by atoms with van der Waals surface area (Å²) in [6.07, 6.45) is 0. The molecule has 1 aliphatic rings. The topological polar surface area (TPSA) is 60.4 Å². The van der Waals surface area contributed by atoms with Crippen LogP contribution in [0.5, 0.6) is 0 Å². The Balaban J connectivity index is 2.51. The van der Waals surface area contributed by atoms with Gasteiger partial charge >= 0.3 is 0 Å². The van der Waals surface area contributed by atoms with Crippen molar-refractivity contribution in [1.29, 1.82) is 0 Å². The van der Waals surface area contributed by atoms with Gasteiger partial charge in [-0.05, 0) is 13.8 Å². The van der Waals surface area contributed by atoms with E-state index in [1.165, 1.54) is 13.8 Å². The lowest BCUT2D eigenvalue weighted by Gasteiger charge is -2.19.